The molecule has 0 fully saturated rings. The molecule has 0 aliphatic carbocycles. The number of aliphatic hydroxyl groups is 1. The van der Waals surface area contributed by atoms with Gasteiger partial charge < -0.3 is 10.4 Å². The Labute approximate surface area is 98.7 Å². The van der Waals surface area contributed by atoms with Crippen LogP contribution in [0, 0.1) is 0 Å². The SMILES string of the molecule is CCC(O)CNCc1ccc(C(C)C)cc1. The highest BCUT2D eigenvalue weighted by Crippen LogP contribution is 2.14. The normalized spacial score (nSPS) is 13.1. The molecule has 0 radical (unpaired) electrons. The minimum Gasteiger partial charge on any atom is -0.392 e. The first-order valence-corrected chi connectivity index (χ1v) is 6.11. The molecule has 1 aromatic rings. The largest absolute Gasteiger partial charge is 0.392 e. The Morgan fingerprint density at radius 3 is 2.31 bits per heavy atom. The van der Waals surface area contributed by atoms with Crippen molar-refractivity contribution in [2.75, 3.05) is 6.54 Å². The summed E-state index contributed by atoms with van der Waals surface area (Å²) in [6, 6.07) is 8.66. The first-order chi connectivity index (χ1) is 7.63. The van der Waals surface area contributed by atoms with Crippen LogP contribution in [0.25, 0.3) is 0 Å². The third kappa shape index (κ3) is 4.33. The molecule has 0 aliphatic rings. The lowest BCUT2D eigenvalue weighted by Crippen LogP contribution is -2.25. The molecule has 90 valence electrons. The van der Waals surface area contributed by atoms with Crippen LogP contribution in [0.5, 0.6) is 0 Å². The molecular weight excluding hydrogens is 198 g/mol. The van der Waals surface area contributed by atoms with E-state index in [-0.39, 0.29) is 6.10 Å². The van der Waals surface area contributed by atoms with Crippen molar-refractivity contribution in [3.05, 3.63) is 35.4 Å². The smallest absolute Gasteiger partial charge is 0.0662 e. The Morgan fingerprint density at radius 2 is 1.81 bits per heavy atom. The second-order valence-corrected chi connectivity index (χ2v) is 4.59. The zero-order valence-corrected chi connectivity index (χ0v) is 10.5. The first-order valence-electron chi connectivity index (χ1n) is 6.11. The van der Waals surface area contributed by atoms with Gasteiger partial charge in [-0.1, -0.05) is 45.0 Å². The second-order valence-electron chi connectivity index (χ2n) is 4.59. The van der Waals surface area contributed by atoms with E-state index in [0.717, 1.165) is 13.0 Å². The van der Waals surface area contributed by atoms with Crippen LogP contribution in [0.3, 0.4) is 0 Å². The molecule has 0 bridgehead atoms. The van der Waals surface area contributed by atoms with Crippen molar-refractivity contribution < 1.29 is 5.11 Å². The van der Waals surface area contributed by atoms with Crippen LogP contribution in [0.1, 0.15) is 44.2 Å². The van der Waals surface area contributed by atoms with Gasteiger partial charge in [0.25, 0.3) is 0 Å². The molecule has 2 heteroatoms. The van der Waals surface area contributed by atoms with Crippen molar-refractivity contribution in [3.8, 4) is 0 Å². The monoisotopic (exact) mass is 221 g/mol. The van der Waals surface area contributed by atoms with Crippen molar-refractivity contribution in [2.24, 2.45) is 0 Å². The highest BCUT2D eigenvalue weighted by atomic mass is 16.3. The number of aliphatic hydroxyl groups excluding tert-OH is 1. The van der Waals surface area contributed by atoms with Crippen LogP contribution >= 0.6 is 0 Å². The lowest BCUT2D eigenvalue weighted by atomic mass is 10.0. The van der Waals surface area contributed by atoms with Gasteiger partial charge >= 0.3 is 0 Å². The van der Waals surface area contributed by atoms with Crippen molar-refractivity contribution in [1.29, 1.82) is 0 Å². The summed E-state index contributed by atoms with van der Waals surface area (Å²) in [5.74, 6) is 0.587. The van der Waals surface area contributed by atoms with E-state index in [1.54, 1.807) is 0 Å². The minimum atomic E-state index is -0.227. The number of rotatable bonds is 6. The summed E-state index contributed by atoms with van der Waals surface area (Å²) in [6.07, 6.45) is 0.578. The molecule has 2 N–H and O–H groups in total. The Hall–Kier alpha value is -0.860. The van der Waals surface area contributed by atoms with Gasteiger partial charge in [-0.25, -0.2) is 0 Å². The molecule has 1 unspecified atom stereocenters. The Bertz CT molecular complexity index is 292. The molecule has 0 saturated heterocycles. The number of hydrogen-bond acceptors (Lipinski definition) is 2. The predicted molar refractivity (Wildman–Crippen MR) is 68.5 cm³/mol. The summed E-state index contributed by atoms with van der Waals surface area (Å²) in [7, 11) is 0. The van der Waals surface area contributed by atoms with Crippen molar-refractivity contribution in [2.45, 2.75) is 45.8 Å². The molecule has 1 rings (SSSR count). The lowest BCUT2D eigenvalue weighted by Gasteiger charge is -2.10. The minimum absolute atomic E-state index is 0.227. The quantitative estimate of drug-likeness (QED) is 0.774. The maximum absolute atomic E-state index is 9.39. The van der Waals surface area contributed by atoms with Gasteiger partial charge in [0.15, 0.2) is 0 Å². The first kappa shape index (κ1) is 13.2. The molecule has 0 heterocycles. The van der Waals surface area contributed by atoms with Crippen LogP contribution in [0.2, 0.25) is 0 Å². The van der Waals surface area contributed by atoms with Crippen LogP contribution in [0.15, 0.2) is 24.3 Å². The lowest BCUT2D eigenvalue weighted by molar-refractivity contribution is 0.167. The van der Waals surface area contributed by atoms with Gasteiger partial charge in [0.05, 0.1) is 6.10 Å². The van der Waals surface area contributed by atoms with Gasteiger partial charge in [0, 0.05) is 13.1 Å². The van der Waals surface area contributed by atoms with Crippen LogP contribution in [-0.4, -0.2) is 17.8 Å². The maximum Gasteiger partial charge on any atom is 0.0662 e. The molecule has 16 heavy (non-hydrogen) atoms. The molecule has 0 spiro atoms. The summed E-state index contributed by atoms with van der Waals surface area (Å²) < 4.78 is 0. The van der Waals surface area contributed by atoms with Crippen LogP contribution in [0.4, 0.5) is 0 Å². The fraction of sp³-hybridized carbons (Fsp3) is 0.571. The van der Waals surface area contributed by atoms with Gasteiger partial charge in [-0.3, -0.25) is 0 Å². The van der Waals surface area contributed by atoms with E-state index < -0.39 is 0 Å². The summed E-state index contributed by atoms with van der Waals surface area (Å²) >= 11 is 0. The number of hydrogen-bond donors (Lipinski definition) is 2. The zero-order valence-electron chi connectivity index (χ0n) is 10.5. The molecule has 2 nitrogen and oxygen atoms in total. The van der Waals surface area contributed by atoms with Gasteiger partial charge in [-0.05, 0) is 23.5 Å². The average molecular weight is 221 g/mol. The molecule has 0 amide bonds. The summed E-state index contributed by atoms with van der Waals surface area (Å²) in [4.78, 5) is 0. The maximum atomic E-state index is 9.39. The fourth-order valence-corrected chi connectivity index (χ4v) is 1.55. The fourth-order valence-electron chi connectivity index (χ4n) is 1.55. The van der Waals surface area contributed by atoms with Crippen molar-refractivity contribution in [1.82, 2.24) is 5.32 Å². The van der Waals surface area contributed by atoms with E-state index in [1.807, 2.05) is 6.92 Å². The molecular formula is C14H23NO. The average Bonchev–Trinajstić information content (AvgIpc) is 2.29. The Morgan fingerprint density at radius 1 is 1.19 bits per heavy atom. The molecule has 0 aliphatic heterocycles. The summed E-state index contributed by atoms with van der Waals surface area (Å²) in [5, 5.41) is 12.6. The van der Waals surface area contributed by atoms with E-state index in [4.69, 9.17) is 0 Å². The highest BCUT2D eigenvalue weighted by molar-refractivity contribution is 5.24. The molecule has 0 saturated carbocycles. The summed E-state index contributed by atoms with van der Waals surface area (Å²) in [5.41, 5.74) is 2.64. The van der Waals surface area contributed by atoms with E-state index in [0.29, 0.717) is 12.5 Å². The van der Waals surface area contributed by atoms with Gasteiger partial charge in [-0.2, -0.15) is 0 Å². The molecule has 1 atom stereocenters. The number of nitrogens with one attached hydrogen (secondary N) is 1. The van der Waals surface area contributed by atoms with Crippen molar-refractivity contribution in [3.63, 3.8) is 0 Å². The second kappa shape index (κ2) is 6.66. The Kier molecular flexibility index (Phi) is 5.50. The van der Waals surface area contributed by atoms with Gasteiger partial charge in [0.2, 0.25) is 0 Å². The molecule has 0 aromatic heterocycles. The van der Waals surface area contributed by atoms with Crippen LogP contribution in [-0.2, 0) is 6.54 Å². The molecule has 1 aromatic carbocycles. The van der Waals surface area contributed by atoms with E-state index >= 15 is 0 Å². The Balaban J connectivity index is 2.38. The number of benzene rings is 1. The zero-order chi connectivity index (χ0) is 12.0. The van der Waals surface area contributed by atoms with Gasteiger partial charge in [0.1, 0.15) is 0 Å². The predicted octanol–water partition coefficient (Wildman–Crippen LogP) is 2.67. The van der Waals surface area contributed by atoms with Gasteiger partial charge in [-0.15, -0.1) is 0 Å². The van der Waals surface area contributed by atoms with E-state index in [2.05, 4.69) is 43.4 Å². The standard InChI is InChI=1S/C14H23NO/c1-4-14(16)10-15-9-12-5-7-13(8-6-12)11(2)3/h5-8,11,14-16H,4,9-10H2,1-3H3. The third-order valence-corrected chi connectivity index (χ3v) is 2.83. The van der Waals surface area contributed by atoms with Crippen LogP contribution < -0.4 is 5.32 Å². The third-order valence-electron chi connectivity index (χ3n) is 2.83. The summed E-state index contributed by atoms with van der Waals surface area (Å²) in [6.45, 7) is 7.89. The highest BCUT2D eigenvalue weighted by Gasteiger charge is 2.01. The van der Waals surface area contributed by atoms with E-state index in [1.165, 1.54) is 11.1 Å². The van der Waals surface area contributed by atoms with E-state index in [9.17, 15) is 5.11 Å². The topological polar surface area (TPSA) is 32.3 Å². The van der Waals surface area contributed by atoms with Crippen molar-refractivity contribution >= 4 is 0 Å².